The van der Waals surface area contributed by atoms with Gasteiger partial charge in [-0.3, -0.25) is 0 Å². The number of ether oxygens (including phenoxy) is 2. The predicted molar refractivity (Wildman–Crippen MR) is 60.6 cm³/mol. The lowest BCUT2D eigenvalue weighted by molar-refractivity contribution is -0.197. The molecule has 1 saturated heterocycles. The van der Waals surface area contributed by atoms with E-state index in [1.165, 1.54) is 32.1 Å². The molecule has 2 aliphatic rings. The highest BCUT2D eigenvalue weighted by Crippen LogP contribution is 2.32. The Bertz CT molecular complexity index is 187. The Morgan fingerprint density at radius 2 is 1.87 bits per heavy atom. The van der Waals surface area contributed by atoms with Gasteiger partial charge in [0, 0.05) is 6.61 Å². The molecule has 1 saturated carbocycles. The predicted octanol–water partition coefficient (Wildman–Crippen LogP) is 3.35. The minimum absolute atomic E-state index is 0.101. The lowest BCUT2D eigenvalue weighted by Crippen LogP contribution is -2.33. The maximum Gasteiger partial charge on any atom is 0.157 e. The first kappa shape index (κ1) is 11.4. The molecule has 1 aliphatic carbocycles. The van der Waals surface area contributed by atoms with Crippen LogP contribution in [0.25, 0.3) is 0 Å². The van der Waals surface area contributed by atoms with E-state index >= 15 is 0 Å². The highest BCUT2D eigenvalue weighted by molar-refractivity contribution is 4.76. The summed E-state index contributed by atoms with van der Waals surface area (Å²) in [6, 6.07) is 0. The van der Waals surface area contributed by atoms with Crippen molar-refractivity contribution in [1.82, 2.24) is 0 Å². The third-order valence-corrected chi connectivity index (χ3v) is 4.03. The maximum atomic E-state index is 6.03. The first-order valence-corrected chi connectivity index (χ1v) is 6.53. The Balaban J connectivity index is 1.74. The molecule has 1 aliphatic heterocycles. The van der Waals surface area contributed by atoms with E-state index in [1.54, 1.807) is 0 Å². The first-order chi connectivity index (χ1) is 7.25. The van der Waals surface area contributed by atoms with Gasteiger partial charge in [0.2, 0.25) is 0 Å². The van der Waals surface area contributed by atoms with Crippen molar-refractivity contribution in [3.05, 3.63) is 0 Å². The summed E-state index contributed by atoms with van der Waals surface area (Å²) in [5.41, 5.74) is 0. The van der Waals surface area contributed by atoms with Crippen molar-refractivity contribution in [2.24, 2.45) is 11.8 Å². The highest BCUT2D eigenvalue weighted by atomic mass is 16.7. The molecular formula is C13H24O2. The molecule has 0 aromatic rings. The Hall–Kier alpha value is -0.0800. The minimum Gasteiger partial charge on any atom is -0.353 e. The lowest BCUT2D eigenvalue weighted by atomic mass is 9.80. The van der Waals surface area contributed by atoms with Crippen molar-refractivity contribution in [2.75, 3.05) is 6.61 Å². The van der Waals surface area contributed by atoms with Gasteiger partial charge in [0.05, 0.1) is 6.10 Å². The van der Waals surface area contributed by atoms with Gasteiger partial charge in [0.25, 0.3) is 0 Å². The molecule has 2 nitrogen and oxygen atoms in total. The zero-order valence-electron chi connectivity index (χ0n) is 10.1. The molecule has 0 bridgehead atoms. The van der Waals surface area contributed by atoms with Crippen LogP contribution in [0, 0.1) is 11.8 Å². The van der Waals surface area contributed by atoms with Crippen LogP contribution in [0.3, 0.4) is 0 Å². The summed E-state index contributed by atoms with van der Waals surface area (Å²) >= 11 is 0. The topological polar surface area (TPSA) is 18.5 Å². The second-order valence-corrected chi connectivity index (χ2v) is 5.32. The molecule has 88 valence electrons. The van der Waals surface area contributed by atoms with Crippen LogP contribution in [-0.4, -0.2) is 19.0 Å². The van der Waals surface area contributed by atoms with Gasteiger partial charge in [-0.15, -0.1) is 0 Å². The fourth-order valence-electron chi connectivity index (χ4n) is 2.65. The van der Waals surface area contributed by atoms with Crippen LogP contribution < -0.4 is 0 Å². The lowest BCUT2D eigenvalue weighted by Gasteiger charge is -2.35. The normalized spacial score (nSPS) is 42.8. The SMILES string of the molecule is CC1CCC(OC2CCCCO2)CC1C. The summed E-state index contributed by atoms with van der Waals surface area (Å²) in [5, 5.41) is 0. The van der Waals surface area contributed by atoms with Crippen LogP contribution in [0.5, 0.6) is 0 Å². The monoisotopic (exact) mass is 212 g/mol. The van der Waals surface area contributed by atoms with Crippen LogP contribution in [0.4, 0.5) is 0 Å². The molecule has 2 rings (SSSR count). The van der Waals surface area contributed by atoms with E-state index in [0.29, 0.717) is 6.10 Å². The molecule has 0 aromatic heterocycles. The first-order valence-electron chi connectivity index (χ1n) is 6.53. The Morgan fingerprint density at radius 3 is 2.53 bits per heavy atom. The molecular weight excluding hydrogens is 188 g/mol. The van der Waals surface area contributed by atoms with Crippen LogP contribution in [0.2, 0.25) is 0 Å². The molecule has 0 spiro atoms. The smallest absolute Gasteiger partial charge is 0.157 e. The molecule has 0 aromatic carbocycles. The fourth-order valence-corrected chi connectivity index (χ4v) is 2.65. The molecule has 0 amide bonds. The van der Waals surface area contributed by atoms with Gasteiger partial charge in [0.1, 0.15) is 0 Å². The van der Waals surface area contributed by atoms with Crippen molar-refractivity contribution in [1.29, 1.82) is 0 Å². The van der Waals surface area contributed by atoms with Crippen molar-refractivity contribution in [3.8, 4) is 0 Å². The van der Waals surface area contributed by atoms with E-state index in [-0.39, 0.29) is 6.29 Å². The average Bonchev–Trinajstić information content (AvgIpc) is 2.25. The van der Waals surface area contributed by atoms with Crippen molar-refractivity contribution < 1.29 is 9.47 Å². The molecule has 4 atom stereocenters. The summed E-state index contributed by atoms with van der Waals surface area (Å²) in [7, 11) is 0. The standard InChI is InChI=1S/C13H24O2/c1-10-6-7-12(9-11(10)2)15-13-5-3-4-8-14-13/h10-13H,3-9H2,1-2H3. The maximum absolute atomic E-state index is 6.03. The average molecular weight is 212 g/mol. The quantitative estimate of drug-likeness (QED) is 0.699. The van der Waals surface area contributed by atoms with Crippen molar-refractivity contribution >= 4 is 0 Å². The van der Waals surface area contributed by atoms with Gasteiger partial charge in [0.15, 0.2) is 6.29 Å². The highest BCUT2D eigenvalue weighted by Gasteiger charge is 2.27. The Kier molecular flexibility index (Phi) is 4.04. The van der Waals surface area contributed by atoms with E-state index in [9.17, 15) is 0 Å². The molecule has 1 heterocycles. The largest absolute Gasteiger partial charge is 0.353 e. The molecule has 2 heteroatoms. The summed E-state index contributed by atoms with van der Waals surface area (Å²) in [6.07, 6.45) is 7.90. The van der Waals surface area contributed by atoms with Crippen LogP contribution in [0.1, 0.15) is 52.4 Å². The van der Waals surface area contributed by atoms with E-state index in [1.807, 2.05) is 0 Å². The second kappa shape index (κ2) is 5.31. The van der Waals surface area contributed by atoms with Gasteiger partial charge < -0.3 is 9.47 Å². The summed E-state index contributed by atoms with van der Waals surface area (Å²) < 4.78 is 11.6. The van der Waals surface area contributed by atoms with Crippen LogP contribution >= 0.6 is 0 Å². The number of hydrogen-bond acceptors (Lipinski definition) is 2. The van der Waals surface area contributed by atoms with Gasteiger partial charge in [-0.05, 0) is 50.4 Å². The van der Waals surface area contributed by atoms with Gasteiger partial charge in [-0.25, -0.2) is 0 Å². The molecule has 4 unspecified atom stereocenters. The number of hydrogen-bond donors (Lipinski definition) is 0. The third-order valence-electron chi connectivity index (χ3n) is 4.03. The molecule has 2 fully saturated rings. The molecule has 15 heavy (non-hydrogen) atoms. The van der Waals surface area contributed by atoms with E-state index in [0.717, 1.165) is 24.9 Å². The second-order valence-electron chi connectivity index (χ2n) is 5.32. The minimum atomic E-state index is 0.101. The Labute approximate surface area is 93.3 Å². The molecule has 0 N–H and O–H groups in total. The van der Waals surface area contributed by atoms with E-state index in [2.05, 4.69) is 13.8 Å². The third kappa shape index (κ3) is 3.18. The van der Waals surface area contributed by atoms with Gasteiger partial charge in [-0.2, -0.15) is 0 Å². The Morgan fingerprint density at radius 1 is 1.00 bits per heavy atom. The fraction of sp³-hybridized carbons (Fsp3) is 1.00. The van der Waals surface area contributed by atoms with Crippen LogP contribution in [0.15, 0.2) is 0 Å². The zero-order valence-corrected chi connectivity index (χ0v) is 10.1. The summed E-state index contributed by atoms with van der Waals surface area (Å²) in [6.45, 7) is 5.60. The number of rotatable bonds is 2. The van der Waals surface area contributed by atoms with E-state index < -0.39 is 0 Å². The van der Waals surface area contributed by atoms with Crippen molar-refractivity contribution in [2.45, 2.75) is 64.8 Å². The summed E-state index contributed by atoms with van der Waals surface area (Å²) in [5.74, 6) is 1.68. The molecule has 0 radical (unpaired) electrons. The summed E-state index contributed by atoms with van der Waals surface area (Å²) in [4.78, 5) is 0. The zero-order chi connectivity index (χ0) is 10.7. The van der Waals surface area contributed by atoms with Gasteiger partial charge >= 0.3 is 0 Å². The van der Waals surface area contributed by atoms with Crippen molar-refractivity contribution in [3.63, 3.8) is 0 Å². The van der Waals surface area contributed by atoms with Crippen LogP contribution in [-0.2, 0) is 9.47 Å². The van der Waals surface area contributed by atoms with E-state index in [4.69, 9.17) is 9.47 Å². The van der Waals surface area contributed by atoms with Gasteiger partial charge in [-0.1, -0.05) is 13.8 Å².